The van der Waals surface area contributed by atoms with Gasteiger partial charge in [-0.2, -0.15) is 0 Å². The summed E-state index contributed by atoms with van der Waals surface area (Å²) in [6.07, 6.45) is 1.05. The van der Waals surface area contributed by atoms with E-state index in [0.29, 0.717) is 24.9 Å². The monoisotopic (exact) mass is 393 g/mol. The smallest absolute Gasteiger partial charge is 0.407 e. The van der Waals surface area contributed by atoms with Gasteiger partial charge in [-0.15, -0.1) is 0 Å². The number of carbonyl (C=O) groups is 3. The highest BCUT2D eigenvalue weighted by Crippen LogP contribution is 2.32. The fraction of sp³-hybridized carbons (Fsp3) is 0.318. The number of ether oxygens (including phenoxy) is 1. The lowest BCUT2D eigenvalue weighted by Gasteiger charge is -2.34. The van der Waals surface area contributed by atoms with E-state index in [1.807, 2.05) is 42.5 Å². The maximum absolute atomic E-state index is 12.4. The molecule has 2 aromatic carbocycles. The summed E-state index contributed by atoms with van der Waals surface area (Å²) in [4.78, 5) is 37.7. The minimum atomic E-state index is -0.467. The topological polar surface area (TPSA) is 87.7 Å². The molecule has 2 N–H and O–H groups in total. The maximum Gasteiger partial charge on any atom is 0.407 e. The first kappa shape index (κ1) is 19.0. The molecule has 1 aliphatic heterocycles. The van der Waals surface area contributed by atoms with Crippen LogP contribution < -0.4 is 15.5 Å². The lowest BCUT2D eigenvalue weighted by atomic mass is 9.79. The van der Waals surface area contributed by atoms with Crippen molar-refractivity contribution in [1.29, 1.82) is 0 Å². The van der Waals surface area contributed by atoms with Gasteiger partial charge in [-0.05, 0) is 42.2 Å². The zero-order valence-electron chi connectivity index (χ0n) is 16.2. The summed E-state index contributed by atoms with van der Waals surface area (Å²) >= 11 is 0. The van der Waals surface area contributed by atoms with E-state index in [0.717, 1.165) is 16.8 Å². The van der Waals surface area contributed by atoms with Gasteiger partial charge in [0, 0.05) is 30.4 Å². The van der Waals surface area contributed by atoms with Crippen LogP contribution in [0.15, 0.2) is 48.5 Å². The van der Waals surface area contributed by atoms with Gasteiger partial charge in [-0.25, -0.2) is 4.79 Å². The van der Waals surface area contributed by atoms with Gasteiger partial charge in [0.2, 0.25) is 11.8 Å². The number of anilines is 2. The Bertz CT molecular complexity index is 938. The van der Waals surface area contributed by atoms with Crippen LogP contribution in [0.4, 0.5) is 16.2 Å². The van der Waals surface area contributed by atoms with Gasteiger partial charge in [0.25, 0.3) is 0 Å². The summed E-state index contributed by atoms with van der Waals surface area (Å²) in [5, 5.41) is 5.71. The first-order valence-corrected chi connectivity index (χ1v) is 9.67. The number of nitrogens with zero attached hydrogens (tertiary/aromatic N) is 1. The number of nitrogens with one attached hydrogen (secondary N) is 2. The Balaban J connectivity index is 1.21. The Morgan fingerprint density at radius 2 is 1.90 bits per heavy atom. The van der Waals surface area contributed by atoms with E-state index in [1.165, 1.54) is 0 Å². The van der Waals surface area contributed by atoms with E-state index in [9.17, 15) is 14.4 Å². The van der Waals surface area contributed by atoms with Crippen molar-refractivity contribution in [2.45, 2.75) is 31.9 Å². The van der Waals surface area contributed by atoms with Crippen LogP contribution in [0.25, 0.3) is 0 Å². The van der Waals surface area contributed by atoms with Gasteiger partial charge in [0.05, 0.1) is 6.42 Å². The first-order valence-electron chi connectivity index (χ1n) is 9.67. The zero-order chi connectivity index (χ0) is 20.4. The molecule has 3 amide bonds. The number of carbonyl (C=O) groups excluding carboxylic acids is 3. The number of hydrogen-bond acceptors (Lipinski definition) is 4. The molecule has 0 spiro atoms. The highest BCUT2D eigenvalue weighted by Gasteiger charge is 2.36. The molecule has 1 fully saturated rings. The molecule has 7 heteroatoms. The average molecular weight is 393 g/mol. The predicted molar refractivity (Wildman–Crippen MR) is 108 cm³/mol. The minimum Gasteiger partial charge on any atom is -0.445 e. The Hall–Kier alpha value is -3.35. The van der Waals surface area contributed by atoms with Gasteiger partial charge in [0.1, 0.15) is 6.61 Å². The van der Waals surface area contributed by atoms with Crippen LogP contribution in [-0.4, -0.2) is 31.0 Å². The molecule has 0 unspecified atom stereocenters. The van der Waals surface area contributed by atoms with Crippen molar-refractivity contribution >= 4 is 29.3 Å². The Morgan fingerprint density at radius 1 is 1.14 bits per heavy atom. The molecular formula is C22H23N3O4. The third-order valence-corrected chi connectivity index (χ3v) is 5.47. The second kappa shape index (κ2) is 7.95. The van der Waals surface area contributed by atoms with Crippen molar-refractivity contribution in [3.8, 4) is 0 Å². The fourth-order valence-corrected chi connectivity index (χ4v) is 3.67. The summed E-state index contributed by atoms with van der Waals surface area (Å²) in [6.45, 7) is 0.222. The van der Waals surface area contributed by atoms with Gasteiger partial charge in [-0.1, -0.05) is 30.3 Å². The third kappa shape index (κ3) is 4.23. The molecule has 150 valence electrons. The second-order valence-corrected chi connectivity index (χ2v) is 7.53. The molecule has 4 rings (SSSR count). The highest BCUT2D eigenvalue weighted by molar-refractivity contribution is 6.02. The average Bonchev–Trinajstić information content (AvgIpc) is 2.96. The third-order valence-electron chi connectivity index (χ3n) is 5.47. The normalized spacial score (nSPS) is 19.9. The van der Waals surface area contributed by atoms with Crippen molar-refractivity contribution in [2.24, 2.45) is 5.92 Å². The van der Waals surface area contributed by atoms with Crippen molar-refractivity contribution in [2.75, 3.05) is 17.3 Å². The molecule has 1 aliphatic carbocycles. The molecule has 2 aromatic rings. The SMILES string of the molecule is CN1C(=O)Cc2cc(NC(=O)C3CC(NC(=O)OCc4ccccc4)C3)ccc21. The van der Waals surface area contributed by atoms with Crippen LogP contribution in [0.5, 0.6) is 0 Å². The quantitative estimate of drug-likeness (QED) is 0.818. The highest BCUT2D eigenvalue weighted by atomic mass is 16.5. The fourth-order valence-electron chi connectivity index (χ4n) is 3.67. The number of likely N-dealkylation sites (N-methyl/N-ethyl adjacent to an activating group) is 1. The lowest BCUT2D eigenvalue weighted by molar-refractivity contribution is -0.123. The lowest BCUT2D eigenvalue weighted by Crippen LogP contribution is -2.48. The summed E-state index contributed by atoms with van der Waals surface area (Å²) in [5.41, 5.74) is 3.42. The molecular weight excluding hydrogens is 370 g/mol. The predicted octanol–water partition coefficient (Wildman–Crippen LogP) is 2.85. The number of rotatable bonds is 5. The van der Waals surface area contributed by atoms with E-state index in [2.05, 4.69) is 10.6 Å². The molecule has 1 heterocycles. The molecule has 7 nitrogen and oxygen atoms in total. The Kier molecular flexibility index (Phi) is 5.20. The number of alkyl carbamates (subject to hydrolysis) is 1. The molecule has 29 heavy (non-hydrogen) atoms. The van der Waals surface area contributed by atoms with E-state index >= 15 is 0 Å². The Labute approximate surface area is 169 Å². The van der Waals surface area contributed by atoms with Crippen LogP contribution in [0, 0.1) is 5.92 Å². The van der Waals surface area contributed by atoms with Crippen molar-refractivity contribution in [3.63, 3.8) is 0 Å². The molecule has 0 atom stereocenters. The van der Waals surface area contributed by atoms with Gasteiger partial charge >= 0.3 is 6.09 Å². The maximum atomic E-state index is 12.4. The van der Waals surface area contributed by atoms with Crippen LogP contribution in [-0.2, 0) is 27.4 Å². The molecule has 0 bridgehead atoms. The molecule has 2 aliphatic rings. The van der Waals surface area contributed by atoms with Crippen molar-refractivity contribution in [1.82, 2.24) is 5.32 Å². The summed E-state index contributed by atoms with van der Waals surface area (Å²) in [6, 6.07) is 14.9. The zero-order valence-corrected chi connectivity index (χ0v) is 16.2. The molecule has 0 radical (unpaired) electrons. The number of benzene rings is 2. The number of fused-ring (bicyclic) bond motifs is 1. The van der Waals surface area contributed by atoms with Gasteiger partial charge in [-0.3, -0.25) is 9.59 Å². The van der Waals surface area contributed by atoms with Crippen molar-refractivity contribution < 1.29 is 19.1 Å². The number of hydrogen-bond donors (Lipinski definition) is 2. The van der Waals surface area contributed by atoms with Crippen LogP contribution in [0.3, 0.4) is 0 Å². The second-order valence-electron chi connectivity index (χ2n) is 7.53. The molecule has 0 saturated heterocycles. The minimum absolute atomic E-state index is 0.0514. The molecule has 1 saturated carbocycles. The van der Waals surface area contributed by atoms with E-state index < -0.39 is 6.09 Å². The summed E-state index contributed by atoms with van der Waals surface area (Å²) in [7, 11) is 1.75. The standard InChI is InChI=1S/C22H23N3O4/c1-25-19-8-7-17(9-15(19)12-20(25)26)23-21(27)16-10-18(11-16)24-22(28)29-13-14-5-3-2-4-6-14/h2-9,16,18H,10-13H2,1H3,(H,23,27)(H,24,28). The van der Waals surface area contributed by atoms with Crippen LogP contribution >= 0.6 is 0 Å². The van der Waals surface area contributed by atoms with Gasteiger partial charge in [0.15, 0.2) is 0 Å². The van der Waals surface area contributed by atoms with E-state index in [1.54, 1.807) is 18.0 Å². The van der Waals surface area contributed by atoms with Crippen LogP contribution in [0.2, 0.25) is 0 Å². The van der Waals surface area contributed by atoms with Gasteiger partial charge < -0.3 is 20.3 Å². The number of amides is 3. The summed E-state index contributed by atoms with van der Waals surface area (Å²) < 4.78 is 5.20. The van der Waals surface area contributed by atoms with E-state index in [-0.39, 0.29) is 30.4 Å². The summed E-state index contributed by atoms with van der Waals surface area (Å²) in [5.74, 6) is -0.166. The van der Waals surface area contributed by atoms with Crippen molar-refractivity contribution in [3.05, 3.63) is 59.7 Å². The van der Waals surface area contributed by atoms with E-state index in [4.69, 9.17) is 4.74 Å². The molecule has 0 aromatic heterocycles. The first-order chi connectivity index (χ1) is 14.0. The van der Waals surface area contributed by atoms with Crippen LogP contribution in [0.1, 0.15) is 24.0 Å². The Morgan fingerprint density at radius 3 is 2.66 bits per heavy atom. The largest absolute Gasteiger partial charge is 0.445 e.